The summed E-state index contributed by atoms with van der Waals surface area (Å²) in [5.74, 6) is -0.638. The predicted octanol–water partition coefficient (Wildman–Crippen LogP) is -0.945. The lowest BCUT2D eigenvalue weighted by Crippen LogP contribution is -2.23. The predicted molar refractivity (Wildman–Crippen MR) is 43.6 cm³/mol. The van der Waals surface area contributed by atoms with Crippen molar-refractivity contribution in [3.8, 4) is 0 Å². The lowest BCUT2D eigenvalue weighted by molar-refractivity contribution is -0.136. The second-order valence-corrected chi connectivity index (χ2v) is 1.90. The van der Waals surface area contributed by atoms with E-state index in [1.54, 1.807) is 0 Å². The lowest BCUT2D eigenvalue weighted by atomic mass is 10.3. The van der Waals surface area contributed by atoms with Gasteiger partial charge in [0.05, 0.1) is 19.4 Å². The molecular formula is C7H12N2O3. The maximum atomic E-state index is 10.9. The average molecular weight is 172 g/mol. The Kier molecular flexibility index (Phi) is 4.55. The fourth-order valence-electron chi connectivity index (χ4n) is 0.566. The normalized spacial score (nSPS) is 11.5. The van der Waals surface area contributed by atoms with Crippen LogP contribution in [0.4, 0.5) is 0 Å². The van der Waals surface area contributed by atoms with Crippen molar-refractivity contribution in [3.63, 3.8) is 0 Å². The minimum absolute atomic E-state index is 0.00926. The molecule has 0 aliphatic rings. The van der Waals surface area contributed by atoms with E-state index in [4.69, 9.17) is 10.8 Å². The van der Waals surface area contributed by atoms with Crippen molar-refractivity contribution in [2.45, 2.75) is 0 Å². The van der Waals surface area contributed by atoms with Gasteiger partial charge in [-0.05, 0) is 6.20 Å². The molecule has 12 heavy (non-hydrogen) atoms. The molecule has 0 aromatic rings. The van der Waals surface area contributed by atoms with Crippen LogP contribution in [-0.4, -0.2) is 24.8 Å². The van der Waals surface area contributed by atoms with Crippen LogP contribution in [0.25, 0.3) is 0 Å². The number of carbonyl (C=O) groups excluding carboxylic acids is 1. The van der Waals surface area contributed by atoms with Crippen molar-refractivity contribution in [3.05, 3.63) is 24.2 Å². The summed E-state index contributed by atoms with van der Waals surface area (Å²) in [5, 5.41) is 11.1. The highest BCUT2D eigenvalue weighted by atomic mass is 16.5. The number of nitrogens with one attached hydrogen (secondary N) is 1. The first-order valence-electron chi connectivity index (χ1n) is 3.22. The van der Waals surface area contributed by atoms with Crippen LogP contribution in [0.5, 0.6) is 0 Å². The third-order valence-corrected chi connectivity index (χ3v) is 1.13. The van der Waals surface area contributed by atoms with Crippen molar-refractivity contribution >= 4 is 5.97 Å². The first kappa shape index (κ1) is 10.5. The molecule has 0 rings (SSSR count). The molecule has 0 aliphatic carbocycles. The molecule has 0 heterocycles. The van der Waals surface area contributed by atoms with Gasteiger partial charge in [-0.25, -0.2) is 4.79 Å². The number of methoxy groups -OCH3 is 1. The van der Waals surface area contributed by atoms with Gasteiger partial charge in [-0.2, -0.15) is 0 Å². The third kappa shape index (κ3) is 2.63. The van der Waals surface area contributed by atoms with Crippen LogP contribution < -0.4 is 11.1 Å². The molecule has 0 aromatic carbocycles. The number of carbonyl (C=O) groups is 1. The van der Waals surface area contributed by atoms with E-state index in [0.717, 1.165) is 0 Å². The Morgan fingerprint density at radius 3 is 2.75 bits per heavy atom. The summed E-state index contributed by atoms with van der Waals surface area (Å²) in [5.41, 5.74) is 5.32. The molecule has 68 valence electrons. The van der Waals surface area contributed by atoms with Crippen molar-refractivity contribution in [2.24, 2.45) is 5.73 Å². The summed E-state index contributed by atoms with van der Waals surface area (Å²) >= 11 is 0. The molecule has 0 bridgehead atoms. The molecule has 0 aliphatic heterocycles. The monoisotopic (exact) mass is 172 g/mol. The van der Waals surface area contributed by atoms with E-state index in [0.29, 0.717) is 0 Å². The SMILES string of the molecule is C=CN/C(C(=O)OC)=C(\N)CO. The number of esters is 1. The first-order chi connectivity index (χ1) is 5.67. The Labute approximate surface area is 70.5 Å². The van der Waals surface area contributed by atoms with Crippen molar-refractivity contribution in [1.82, 2.24) is 5.32 Å². The van der Waals surface area contributed by atoms with E-state index < -0.39 is 12.6 Å². The van der Waals surface area contributed by atoms with Crippen LogP contribution in [0.15, 0.2) is 24.2 Å². The van der Waals surface area contributed by atoms with E-state index in [9.17, 15) is 4.79 Å². The Bertz CT molecular complexity index is 211. The quantitative estimate of drug-likeness (QED) is 0.376. The third-order valence-electron chi connectivity index (χ3n) is 1.13. The largest absolute Gasteiger partial charge is 0.464 e. The molecule has 0 saturated heterocycles. The molecule has 0 aromatic heterocycles. The molecule has 0 radical (unpaired) electrons. The van der Waals surface area contributed by atoms with Gasteiger partial charge in [-0.15, -0.1) is 0 Å². The second-order valence-electron chi connectivity index (χ2n) is 1.90. The van der Waals surface area contributed by atoms with Gasteiger partial charge in [0.25, 0.3) is 0 Å². The highest BCUT2D eigenvalue weighted by Crippen LogP contribution is 1.96. The maximum absolute atomic E-state index is 10.9. The molecule has 0 spiro atoms. The first-order valence-corrected chi connectivity index (χ1v) is 3.22. The van der Waals surface area contributed by atoms with Gasteiger partial charge in [-0.1, -0.05) is 6.58 Å². The van der Waals surface area contributed by atoms with Crippen LogP contribution in [0.2, 0.25) is 0 Å². The Hall–Kier alpha value is -1.49. The molecule has 5 nitrogen and oxygen atoms in total. The fourth-order valence-corrected chi connectivity index (χ4v) is 0.566. The zero-order valence-corrected chi connectivity index (χ0v) is 6.83. The van der Waals surface area contributed by atoms with Crippen molar-refractivity contribution < 1.29 is 14.6 Å². The van der Waals surface area contributed by atoms with Crippen molar-refractivity contribution in [2.75, 3.05) is 13.7 Å². The fraction of sp³-hybridized carbons (Fsp3) is 0.286. The highest BCUT2D eigenvalue weighted by Gasteiger charge is 2.11. The van der Waals surface area contributed by atoms with Gasteiger partial charge in [0.15, 0.2) is 0 Å². The number of aliphatic hydroxyl groups is 1. The van der Waals surface area contributed by atoms with E-state index in [1.165, 1.54) is 13.3 Å². The molecule has 0 saturated carbocycles. The summed E-state index contributed by atoms with van der Waals surface area (Å²) in [6, 6.07) is 0. The molecule has 0 fully saturated rings. The van der Waals surface area contributed by atoms with Gasteiger partial charge < -0.3 is 20.9 Å². The number of hydrogen-bond acceptors (Lipinski definition) is 5. The van der Waals surface area contributed by atoms with Crippen molar-refractivity contribution in [1.29, 1.82) is 0 Å². The van der Waals surface area contributed by atoms with Gasteiger partial charge in [0, 0.05) is 0 Å². The molecule has 0 amide bonds. The highest BCUT2D eigenvalue weighted by molar-refractivity contribution is 5.88. The van der Waals surface area contributed by atoms with E-state index in [-0.39, 0.29) is 11.4 Å². The van der Waals surface area contributed by atoms with E-state index in [1.807, 2.05) is 0 Å². The minimum Gasteiger partial charge on any atom is -0.464 e. The van der Waals surface area contributed by atoms with Crippen LogP contribution >= 0.6 is 0 Å². The summed E-state index contributed by atoms with van der Waals surface area (Å²) < 4.78 is 4.39. The average Bonchev–Trinajstić information content (AvgIpc) is 2.11. The molecule has 5 heteroatoms. The Morgan fingerprint density at radius 2 is 2.42 bits per heavy atom. The Morgan fingerprint density at radius 1 is 1.83 bits per heavy atom. The number of nitrogens with two attached hydrogens (primary N) is 1. The summed E-state index contributed by atoms with van der Waals surface area (Å²) in [6.07, 6.45) is 1.27. The lowest BCUT2D eigenvalue weighted by Gasteiger charge is -2.07. The topological polar surface area (TPSA) is 84.6 Å². The second kappa shape index (κ2) is 5.20. The van der Waals surface area contributed by atoms with E-state index in [2.05, 4.69) is 16.6 Å². The number of rotatable bonds is 4. The zero-order valence-electron chi connectivity index (χ0n) is 6.83. The summed E-state index contributed by atoms with van der Waals surface area (Å²) in [7, 11) is 1.22. The van der Waals surface area contributed by atoms with E-state index >= 15 is 0 Å². The number of ether oxygens (including phenoxy) is 1. The summed E-state index contributed by atoms with van der Waals surface area (Å²) in [6.45, 7) is 2.93. The van der Waals surface area contributed by atoms with Crippen LogP contribution in [0.1, 0.15) is 0 Å². The van der Waals surface area contributed by atoms with Gasteiger partial charge in [0.1, 0.15) is 5.70 Å². The smallest absolute Gasteiger partial charge is 0.356 e. The van der Waals surface area contributed by atoms with Crippen LogP contribution in [-0.2, 0) is 9.53 Å². The summed E-state index contributed by atoms with van der Waals surface area (Å²) in [4.78, 5) is 10.9. The molecule has 4 N–H and O–H groups in total. The molecular weight excluding hydrogens is 160 g/mol. The molecule has 0 unspecified atom stereocenters. The van der Waals surface area contributed by atoms with Gasteiger partial charge in [0.2, 0.25) is 0 Å². The van der Waals surface area contributed by atoms with Gasteiger partial charge >= 0.3 is 5.97 Å². The standard InChI is InChI=1S/C7H12N2O3/c1-3-9-6(5(8)4-10)7(11)12-2/h3,9-10H,1,4,8H2,2H3/b6-5-. The number of hydrogen-bond donors (Lipinski definition) is 3. The van der Waals surface area contributed by atoms with Crippen LogP contribution in [0.3, 0.4) is 0 Å². The zero-order chi connectivity index (χ0) is 9.56. The van der Waals surface area contributed by atoms with Gasteiger partial charge in [-0.3, -0.25) is 0 Å². The maximum Gasteiger partial charge on any atom is 0.356 e. The van der Waals surface area contributed by atoms with Crippen LogP contribution in [0, 0.1) is 0 Å². The minimum atomic E-state index is -0.638. The number of aliphatic hydroxyl groups excluding tert-OH is 1. The molecule has 0 atom stereocenters. The Balaban J connectivity index is 4.63.